The van der Waals surface area contributed by atoms with Crippen LogP contribution in [0, 0.1) is 11.6 Å². The van der Waals surface area contributed by atoms with Gasteiger partial charge in [-0.3, -0.25) is 0 Å². The molecule has 96 valence electrons. The first-order valence-electron chi connectivity index (χ1n) is 5.85. The first kappa shape index (κ1) is 12.8. The lowest BCUT2D eigenvalue weighted by Gasteiger charge is -2.13. The highest BCUT2D eigenvalue weighted by atomic mass is 19.1. The fourth-order valence-corrected chi connectivity index (χ4v) is 1.78. The minimum Gasteiger partial charge on any atom is -0.469 e. The van der Waals surface area contributed by atoms with E-state index in [4.69, 9.17) is 4.42 Å². The molecular weight excluding hydrogens is 236 g/mol. The highest BCUT2D eigenvalue weighted by molar-refractivity contribution is 5.19. The summed E-state index contributed by atoms with van der Waals surface area (Å²) in [6.45, 7) is 2.11. The second kappa shape index (κ2) is 5.78. The van der Waals surface area contributed by atoms with Crippen molar-refractivity contribution in [3.05, 3.63) is 59.6 Å². The summed E-state index contributed by atoms with van der Waals surface area (Å²) < 4.78 is 32.0. The van der Waals surface area contributed by atoms with Gasteiger partial charge in [0, 0.05) is 24.6 Å². The van der Waals surface area contributed by atoms with E-state index in [1.54, 1.807) is 6.26 Å². The molecule has 0 amide bonds. The van der Waals surface area contributed by atoms with Crippen molar-refractivity contribution in [1.29, 1.82) is 0 Å². The van der Waals surface area contributed by atoms with Crippen molar-refractivity contribution in [2.75, 3.05) is 0 Å². The number of hydrogen-bond donors (Lipinski definition) is 1. The molecule has 0 spiro atoms. The number of rotatable bonds is 5. The normalized spacial score (nSPS) is 12.6. The molecule has 0 radical (unpaired) electrons. The van der Waals surface area contributed by atoms with Crippen LogP contribution in [0.15, 0.2) is 41.0 Å². The van der Waals surface area contributed by atoms with Crippen molar-refractivity contribution in [3.8, 4) is 0 Å². The number of benzene rings is 1. The van der Waals surface area contributed by atoms with Crippen LogP contribution >= 0.6 is 0 Å². The van der Waals surface area contributed by atoms with Gasteiger partial charge in [-0.15, -0.1) is 0 Å². The maximum Gasteiger partial charge on any atom is 0.130 e. The standard InChI is InChI=1S/C14H15F2NO/c1-10(8-11-4-3-7-18-11)17-9-12-13(15)5-2-6-14(12)16/h2-7,10,17H,8-9H2,1H3. The van der Waals surface area contributed by atoms with Crippen molar-refractivity contribution < 1.29 is 13.2 Å². The smallest absolute Gasteiger partial charge is 0.130 e. The average Bonchev–Trinajstić information content (AvgIpc) is 2.81. The molecule has 1 N–H and O–H groups in total. The largest absolute Gasteiger partial charge is 0.469 e. The fraction of sp³-hybridized carbons (Fsp3) is 0.286. The van der Waals surface area contributed by atoms with Crippen molar-refractivity contribution in [2.24, 2.45) is 0 Å². The van der Waals surface area contributed by atoms with Gasteiger partial charge in [-0.2, -0.15) is 0 Å². The molecule has 2 aromatic rings. The molecule has 18 heavy (non-hydrogen) atoms. The quantitative estimate of drug-likeness (QED) is 0.882. The van der Waals surface area contributed by atoms with E-state index in [0.29, 0.717) is 6.42 Å². The fourth-order valence-electron chi connectivity index (χ4n) is 1.78. The Kier molecular flexibility index (Phi) is 4.10. The van der Waals surface area contributed by atoms with Gasteiger partial charge in [-0.05, 0) is 31.2 Å². The molecule has 1 heterocycles. The van der Waals surface area contributed by atoms with Crippen LogP contribution in [0.4, 0.5) is 8.78 Å². The minimum absolute atomic E-state index is 0.0730. The zero-order valence-electron chi connectivity index (χ0n) is 10.1. The topological polar surface area (TPSA) is 25.2 Å². The van der Waals surface area contributed by atoms with E-state index in [1.165, 1.54) is 18.2 Å². The zero-order chi connectivity index (χ0) is 13.0. The molecule has 1 atom stereocenters. The monoisotopic (exact) mass is 251 g/mol. The third kappa shape index (κ3) is 3.17. The second-order valence-electron chi connectivity index (χ2n) is 4.27. The maximum atomic E-state index is 13.4. The Hall–Kier alpha value is -1.68. The number of hydrogen-bond acceptors (Lipinski definition) is 2. The Labute approximate surface area is 105 Å². The third-order valence-electron chi connectivity index (χ3n) is 2.78. The van der Waals surface area contributed by atoms with Crippen LogP contribution < -0.4 is 5.32 Å². The Bertz CT molecular complexity index is 476. The second-order valence-corrected chi connectivity index (χ2v) is 4.27. The molecule has 0 saturated carbocycles. The van der Waals surface area contributed by atoms with Crippen LogP contribution in [0.1, 0.15) is 18.2 Å². The molecule has 0 aliphatic heterocycles. The first-order chi connectivity index (χ1) is 8.66. The Morgan fingerprint density at radius 2 is 1.89 bits per heavy atom. The summed E-state index contributed by atoms with van der Waals surface area (Å²) in [7, 11) is 0. The van der Waals surface area contributed by atoms with Crippen LogP contribution in [0.5, 0.6) is 0 Å². The molecule has 2 nitrogen and oxygen atoms in total. The lowest BCUT2D eigenvalue weighted by Crippen LogP contribution is -2.28. The highest BCUT2D eigenvalue weighted by Gasteiger charge is 2.10. The SMILES string of the molecule is CC(Cc1ccco1)NCc1c(F)cccc1F. The van der Waals surface area contributed by atoms with E-state index in [9.17, 15) is 8.78 Å². The lowest BCUT2D eigenvalue weighted by molar-refractivity contribution is 0.447. The molecular formula is C14H15F2NO. The van der Waals surface area contributed by atoms with Crippen LogP contribution in [0.2, 0.25) is 0 Å². The molecule has 4 heteroatoms. The number of nitrogens with one attached hydrogen (secondary N) is 1. The molecule has 1 aromatic heterocycles. The van der Waals surface area contributed by atoms with Crippen LogP contribution in [0.3, 0.4) is 0 Å². The van der Waals surface area contributed by atoms with Gasteiger partial charge in [-0.25, -0.2) is 8.78 Å². The van der Waals surface area contributed by atoms with Crippen molar-refractivity contribution in [3.63, 3.8) is 0 Å². The van der Waals surface area contributed by atoms with Gasteiger partial charge in [0.15, 0.2) is 0 Å². The molecule has 0 fully saturated rings. The van der Waals surface area contributed by atoms with E-state index in [1.807, 2.05) is 19.1 Å². The van der Waals surface area contributed by atoms with Gasteiger partial charge >= 0.3 is 0 Å². The van der Waals surface area contributed by atoms with Crippen LogP contribution in [-0.2, 0) is 13.0 Å². The van der Waals surface area contributed by atoms with Crippen LogP contribution in [-0.4, -0.2) is 6.04 Å². The summed E-state index contributed by atoms with van der Waals surface area (Å²) in [5.74, 6) is -0.190. The van der Waals surface area contributed by atoms with E-state index >= 15 is 0 Å². The molecule has 1 aromatic carbocycles. The predicted molar refractivity (Wildman–Crippen MR) is 65.1 cm³/mol. The third-order valence-corrected chi connectivity index (χ3v) is 2.78. The summed E-state index contributed by atoms with van der Waals surface area (Å²) in [5.41, 5.74) is 0.0730. The number of furan rings is 1. The summed E-state index contributed by atoms with van der Waals surface area (Å²) >= 11 is 0. The maximum absolute atomic E-state index is 13.4. The van der Waals surface area contributed by atoms with Crippen molar-refractivity contribution >= 4 is 0 Å². The first-order valence-corrected chi connectivity index (χ1v) is 5.85. The zero-order valence-corrected chi connectivity index (χ0v) is 10.1. The molecule has 0 saturated heterocycles. The van der Waals surface area contributed by atoms with Gasteiger partial charge < -0.3 is 9.73 Å². The Morgan fingerprint density at radius 3 is 2.50 bits per heavy atom. The Balaban J connectivity index is 1.91. The molecule has 0 aliphatic carbocycles. The van der Waals surface area contributed by atoms with E-state index in [2.05, 4.69) is 5.32 Å². The molecule has 0 bridgehead atoms. The van der Waals surface area contributed by atoms with E-state index in [-0.39, 0.29) is 18.2 Å². The van der Waals surface area contributed by atoms with Gasteiger partial charge in [-0.1, -0.05) is 6.07 Å². The summed E-state index contributed by atoms with van der Waals surface area (Å²) in [6, 6.07) is 7.66. The van der Waals surface area contributed by atoms with E-state index < -0.39 is 11.6 Å². The van der Waals surface area contributed by atoms with E-state index in [0.717, 1.165) is 5.76 Å². The highest BCUT2D eigenvalue weighted by Crippen LogP contribution is 2.12. The summed E-state index contributed by atoms with van der Waals surface area (Å²) in [5, 5.41) is 3.08. The molecule has 2 rings (SSSR count). The van der Waals surface area contributed by atoms with Crippen molar-refractivity contribution in [2.45, 2.75) is 25.9 Å². The lowest BCUT2D eigenvalue weighted by atomic mass is 10.1. The Morgan fingerprint density at radius 1 is 1.17 bits per heavy atom. The predicted octanol–water partition coefficient (Wildman–Crippen LogP) is 3.28. The van der Waals surface area contributed by atoms with Crippen LogP contribution in [0.25, 0.3) is 0 Å². The van der Waals surface area contributed by atoms with Gasteiger partial charge in [0.05, 0.1) is 6.26 Å². The average molecular weight is 251 g/mol. The molecule has 1 unspecified atom stereocenters. The van der Waals surface area contributed by atoms with Gasteiger partial charge in [0.1, 0.15) is 17.4 Å². The number of halogens is 2. The summed E-state index contributed by atoms with van der Waals surface area (Å²) in [6.07, 6.45) is 2.29. The van der Waals surface area contributed by atoms with Gasteiger partial charge in [0.25, 0.3) is 0 Å². The minimum atomic E-state index is -0.521. The molecule has 0 aliphatic rings. The summed E-state index contributed by atoms with van der Waals surface area (Å²) in [4.78, 5) is 0. The van der Waals surface area contributed by atoms with Crippen molar-refractivity contribution in [1.82, 2.24) is 5.32 Å². The van der Waals surface area contributed by atoms with Gasteiger partial charge in [0.2, 0.25) is 0 Å².